The second kappa shape index (κ2) is 4.89. The average molecular weight is 236 g/mol. The first kappa shape index (κ1) is 12.0. The van der Waals surface area contributed by atoms with Crippen molar-refractivity contribution in [2.45, 2.75) is 83.0 Å². The third kappa shape index (κ3) is 2.26. The molecule has 2 bridgehead atoms. The summed E-state index contributed by atoms with van der Waals surface area (Å²) in [5, 5.41) is 0. The molecule has 0 aromatic carbocycles. The van der Waals surface area contributed by atoms with Crippen LogP contribution in [0.25, 0.3) is 0 Å². The average Bonchev–Trinajstić information content (AvgIpc) is 2.62. The standard InChI is InChI=1S/C15H28N2/c1-12(2)17-13-6-7-14(17)11-15(10-13)16-8-4-3-5-9-16/h12-15H,3-11H2,1-2H3. The number of rotatable bonds is 2. The van der Waals surface area contributed by atoms with E-state index in [-0.39, 0.29) is 0 Å². The molecule has 2 heteroatoms. The highest BCUT2D eigenvalue weighted by atomic mass is 15.3. The summed E-state index contributed by atoms with van der Waals surface area (Å²) in [6.07, 6.45) is 10.2. The lowest BCUT2D eigenvalue weighted by molar-refractivity contribution is 0.0321. The Morgan fingerprint density at radius 3 is 1.94 bits per heavy atom. The maximum Gasteiger partial charge on any atom is 0.0125 e. The summed E-state index contributed by atoms with van der Waals surface area (Å²) in [7, 11) is 0. The Bertz CT molecular complexity index is 244. The van der Waals surface area contributed by atoms with Crippen LogP contribution in [0.3, 0.4) is 0 Å². The number of fused-ring (bicyclic) bond motifs is 2. The first-order valence-corrected chi connectivity index (χ1v) is 7.77. The summed E-state index contributed by atoms with van der Waals surface area (Å²) >= 11 is 0. The Morgan fingerprint density at radius 2 is 1.41 bits per heavy atom. The van der Waals surface area contributed by atoms with Gasteiger partial charge >= 0.3 is 0 Å². The molecule has 0 saturated carbocycles. The fourth-order valence-electron chi connectivity index (χ4n) is 4.61. The van der Waals surface area contributed by atoms with Crippen molar-refractivity contribution in [1.82, 2.24) is 9.80 Å². The predicted octanol–water partition coefficient (Wildman–Crippen LogP) is 2.88. The first-order chi connectivity index (χ1) is 8.25. The third-order valence-electron chi connectivity index (χ3n) is 5.27. The number of hydrogen-bond acceptors (Lipinski definition) is 2. The van der Waals surface area contributed by atoms with Gasteiger partial charge in [-0.05, 0) is 65.5 Å². The van der Waals surface area contributed by atoms with E-state index in [1.165, 1.54) is 58.0 Å². The van der Waals surface area contributed by atoms with Crippen LogP contribution in [-0.4, -0.2) is 47.1 Å². The van der Waals surface area contributed by atoms with Crippen molar-refractivity contribution in [3.8, 4) is 0 Å². The molecule has 2 unspecified atom stereocenters. The second-order valence-electron chi connectivity index (χ2n) is 6.65. The normalized spacial score (nSPS) is 40.1. The molecule has 0 aliphatic carbocycles. The van der Waals surface area contributed by atoms with E-state index >= 15 is 0 Å². The van der Waals surface area contributed by atoms with Gasteiger partial charge in [-0.25, -0.2) is 0 Å². The minimum atomic E-state index is 0.759. The molecule has 0 N–H and O–H groups in total. The minimum absolute atomic E-state index is 0.759. The van der Waals surface area contributed by atoms with E-state index < -0.39 is 0 Å². The first-order valence-electron chi connectivity index (χ1n) is 7.77. The lowest BCUT2D eigenvalue weighted by Crippen LogP contribution is -2.53. The van der Waals surface area contributed by atoms with E-state index in [1.54, 1.807) is 0 Å². The Hall–Kier alpha value is -0.0800. The van der Waals surface area contributed by atoms with E-state index in [0.29, 0.717) is 0 Å². The summed E-state index contributed by atoms with van der Waals surface area (Å²) in [6, 6.07) is 3.49. The van der Waals surface area contributed by atoms with Crippen LogP contribution >= 0.6 is 0 Å². The van der Waals surface area contributed by atoms with Gasteiger partial charge in [-0.2, -0.15) is 0 Å². The van der Waals surface area contributed by atoms with Crippen molar-refractivity contribution in [3.63, 3.8) is 0 Å². The van der Waals surface area contributed by atoms with Crippen LogP contribution in [0.2, 0.25) is 0 Å². The maximum atomic E-state index is 2.82. The van der Waals surface area contributed by atoms with Gasteiger partial charge in [0.15, 0.2) is 0 Å². The van der Waals surface area contributed by atoms with Crippen LogP contribution in [0.1, 0.15) is 58.8 Å². The Balaban J connectivity index is 1.64. The molecule has 98 valence electrons. The van der Waals surface area contributed by atoms with E-state index in [9.17, 15) is 0 Å². The second-order valence-corrected chi connectivity index (χ2v) is 6.65. The molecule has 0 aromatic heterocycles. The van der Waals surface area contributed by atoms with Crippen molar-refractivity contribution in [3.05, 3.63) is 0 Å². The van der Waals surface area contributed by atoms with Gasteiger partial charge in [-0.15, -0.1) is 0 Å². The maximum absolute atomic E-state index is 2.82. The molecule has 2 atom stereocenters. The SMILES string of the molecule is CC(C)N1C2CCC1CC(N1CCCCC1)C2. The lowest BCUT2D eigenvalue weighted by Gasteiger charge is -2.46. The lowest BCUT2D eigenvalue weighted by atomic mass is 9.93. The van der Waals surface area contributed by atoms with Crippen LogP contribution in [-0.2, 0) is 0 Å². The molecule has 0 amide bonds. The van der Waals surface area contributed by atoms with E-state index in [4.69, 9.17) is 0 Å². The largest absolute Gasteiger partial charge is 0.300 e. The monoisotopic (exact) mass is 236 g/mol. The van der Waals surface area contributed by atoms with Gasteiger partial charge in [0.25, 0.3) is 0 Å². The molecule has 3 aliphatic heterocycles. The van der Waals surface area contributed by atoms with E-state index in [2.05, 4.69) is 23.6 Å². The highest BCUT2D eigenvalue weighted by Gasteiger charge is 2.43. The zero-order valence-corrected chi connectivity index (χ0v) is 11.6. The number of piperidine rings is 2. The molecule has 0 aromatic rings. The van der Waals surface area contributed by atoms with Gasteiger partial charge in [-0.1, -0.05) is 6.42 Å². The Labute approximate surface area is 106 Å². The smallest absolute Gasteiger partial charge is 0.0125 e. The molecule has 0 spiro atoms. The molecule has 0 radical (unpaired) electrons. The van der Waals surface area contributed by atoms with Gasteiger partial charge in [0, 0.05) is 24.2 Å². The van der Waals surface area contributed by atoms with Crippen LogP contribution in [0.15, 0.2) is 0 Å². The molecule has 3 heterocycles. The topological polar surface area (TPSA) is 6.48 Å². The molecular weight excluding hydrogens is 208 g/mol. The number of likely N-dealkylation sites (tertiary alicyclic amines) is 1. The molecule has 2 nitrogen and oxygen atoms in total. The minimum Gasteiger partial charge on any atom is -0.300 e. The van der Waals surface area contributed by atoms with Crippen LogP contribution in [0.5, 0.6) is 0 Å². The quantitative estimate of drug-likeness (QED) is 0.727. The van der Waals surface area contributed by atoms with Gasteiger partial charge in [0.2, 0.25) is 0 Å². The summed E-state index contributed by atoms with van der Waals surface area (Å²) in [6.45, 7) is 7.52. The highest BCUT2D eigenvalue weighted by Crippen LogP contribution is 2.39. The highest BCUT2D eigenvalue weighted by molar-refractivity contribution is 4.99. The van der Waals surface area contributed by atoms with Gasteiger partial charge in [0.05, 0.1) is 0 Å². The van der Waals surface area contributed by atoms with E-state index in [0.717, 1.165) is 24.2 Å². The van der Waals surface area contributed by atoms with Gasteiger partial charge in [-0.3, -0.25) is 4.90 Å². The molecule has 3 fully saturated rings. The summed E-state index contributed by atoms with van der Waals surface area (Å²) in [4.78, 5) is 5.63. The number of hydrogen-bond donors (Lipinski definition) is 0. The van der Waals surface area contributed by atoms with Crippen molar-refractivity contribution in [2.24, 2.45) is 0 Å². The van der Waals surface area contributed by atoms with Crippen LogP contribution < -0.4 is 0 Å². The zero-order valence-electron chi connectivity index (χ0n) is 11.6. The summed E-state index contributed by atoms with van der Waals surface area (Å²) in [5.74, 6) is 0. The fraction of sp³-hybridized carbons (Fsp3) is 1.00. The molecule has 3 rings (SSSR count). The molecule has 3 saturated heterocycles. The van der Waals surface area contributed by atoms with Crippen LogP contribution in [0, 0.1) is 0 Å². The van der Waals surface area contributed by atoms with E-state index in [1.807, 2.05) is 0 Å². The van der Waals surface area contributed by atoms with Crippen molar-refractivity contribution >= 4 is 0 Å². The van der Waals surface area contributed by atoms with Crippen molar-refractivity contribution in [1.29, 1.82) is 0 Å². The fourth-order valence-corrected chi connectivity index (χ4v) is 4.61. The Kier molecular flexibility index (Phi) is 3.45. The number of nitrogens with zero attached hydrogens (tertiary/aromatic N) is 2. The Morgan fingerprint density at radius 1 is 0.824 bits per heavy atom. The molecule has 17 heavy (non-hydrogen) atoms. The van der Waals surface area contributed by atoms with Gasteiger partial charge < -0.3 is 4.90 Å². The van der Waals surface area contributed by atoms with Crippen LogP contribution in [0.4, 0.5) is 0 Å². The summed E-state index contributed by atoms with van der Waals surface area (Å²) in [5.41, 5.74) is 0. The predicted molar refractivity (Wildman–Crippen MR) is 72.2 cm³/mol. The third-order valence-corrected chi connectivity index (χ3v) is 5.27. The summed E-state index contributed by atoms with van der Waals surface area (Å²) < 4.78 is 0. The van der Waals surface area contributed by atoms with Gasteiger partial charge in [0.1, 0.15) is 0 Å². The van der Waals surface area contributed by atoms with Crippen molar-refractivity contribution in [2.75, 3.05) is 13.1 Å². The zero-order chi connectivity index (χ0) is 11.8. The van der Waals surface area contributed by atoms with Crippen molar-refractivity contribution < 1.29 is 0 Å². The molecule has 3 aliphatic rings. The molecular formula is C15H28N2.